The van der Waals surface area contributed by atoms with Gasteiger partial charge in [0.05, 0.1) is 0 Å². The van der Waals surface area contributed by atoms with Gasteiger partial charge in [0, 0.05) is 27.2 Å². The first-order valence-corrected chi connectivity index (χ1v) is 7.35. The van der Waals surface area contributed by atoms with Gasteiger partial charge in [-0.25, -0.2) is 0 Å². The normalized spacial score (nSPS) is 13.2. The number of nitrogens with two attached hydrogens (primary N) is 1. The molecule has 0 aliphatic heterocycles. The molecule has 0 aliphatic carbocycles. The van der Waals surface area contributed by atoms with Gasteiger partial charge in [-0.15, -0.1) is 24.5 Å². The summed E-state index contributed by atoms with van der Waals surface area (Å²) >= 11 is 4.95. The van der Waals surface area contributed by atoms with E-state index in [1.807, 2.05) is 11.4 Å². The van der Waals surface area contributed by atoms with Gasteiger partial charge in [0.15, 0.2) is 0 Å². The lowest BCUT2D eigenvalue weighted by Crippen LogP contribution is -2.17. The average molecular weight is 366 g/mol. The fraction of sp³-hybridized carbons (Fsp3) is 0.231. The van der Waals surface area contributed by atoms with E-state index in [0.29, 0.717) is 6.42 Å². The van der Waals surface area contributed by atoms with Gasteiger partial charge in [-0.2, -0.15) is 0 Å². The van der Waals surface area contributed by atoms with Gasteiger partial charge in [0.1, 0.15) is 5.75 Å². The van der Waals surface area contributed by atoms with E-state index in [2.05, 4.69) is 20.7 Å². The maximum atomic E-state index is 12.0. The zero-order valence-corrected chi connectivity index (χ0v) is 12.6. The summed E-state index contributed by atoms with van der Waals surface area (Å²) in [6.45, 7) is 0. The molecule has 0 fully saturated rings. The highest BCUT2D eigenvalue weighted by Crippen LogP contribution is 2.27. The molecule has 0 aliphatic rings. The molecule has 1 aromatic carbocycles. The Morgan fingerprint density at radius 1 is 1.25 bits per heavy atom. The fourth-order valence-electron chi connectivity index (χ4n) is 1.71. The van der Waals surface area contributed by atoms with Gasteiger partial charge in [-0.1, -0.05) is 12.1 Å². The Labute approximate surface area is 126 Å². The molecule has 1 heterocycles. The fourth-order valence-corrected chi connectivity index (χ4v) is 3.22. The van der Waals surface area contributed by atoms with Crippen molar-refractivity contribution < 1.29 is 17.9 Å². The number of ether oxygens (including phenoxy) is 1. The first-order valence-electron chi connectivity index (χ1n) is 5.68. The summed E-state index contributed by atoms with van der Waals surface area (Å²) in [6, 6.07) is 7.36. The Hall–Kier alpha value is -1.05. The van der Waals surface area contributed by atoms with Gasteiger partial charge < -0.3 is 10.5 Å². The quantitative estimate of drug-likeness (QED) is 0.855. The molecule has 0 bridgehead atoms. The van der Waals surface area contributed by atoms with E-state index in [4.69, 9.17) is 5.73 Å². The number of alkyl halides is 3. The largest absolute Gasteiger partial charge is 0.573 e. The van der Waals surface area contributed by atoms with E-state index in [0.717, 1.165) is 14.9 Å². The molecule has 1 atom stereocenters. The van der Waals surface area contributed by atoms with Crippen molar-refractivity contribution in [3.63, 3.8) is 0 Å². The molecule has 0 saturated heterocycles. The van der Waals surface area contributed by atoms with Crippen LogP contribution in [-0.2, 0) is 6.42 Å². The average Bonchev–Trinajstić information content (AvgIpc) is 2.73. The predicted molar refractivity (Wildman–Crippen MR) is 75.8 cm³/mol. The van der Waals surface area contributed by atoms with Crippen LogP contribution >= 0.6 is 27.3 Å². The highest BCUT2D eigenvalue weighted by atomic mass is 79.9. The van der Waals surface area contributed by atoms with Crippen LogP contribution in [0.1, 0.15) is 16.5 Å². The number of benzene rings is 1. The Morgan fingerprint density at radius 2 is 1.90 bits per heavy atom. The number of hydrogen-bond donors (Lipinski definition) is 1. The minimum atomic E-state index is -4.67. The third kappa shape index (κ3) is 4.50. The van der Waals surface area contributed by atoms with Crippen molar-refractivity contribution in [1.82, 2.24) is 0 Å². The minimum Gasteiger partial charge on any atom is -0.406 e. The van der Waals surface area contributed by atoms with Crippen molar-refractivity contribution in [2.24, 2.45) is 5.73 Å². The van der Waals surface area contributed by atoms with Crippen LogP contribution in [0.5, 0.6) is 5.75 Å². The SMILES string of the molecule is NC(Cc1cc(Br)cs1)c1ccc(OC(F)(F)F)cc1. The molecule has 0 spiro atoms. The molecule has 20 heavy (non-hydrogen) atoms. The smallest absolute Gasteiger partial charge is 0.406 e. The number of thiophene rings is 1. The monoisotopic (exact) mass is 365 g/mol. The minimum absolute atomic E-state index is 0.243. The Morgan fingerprint density at radius 3 is 2.40 bits per heavy atom. The van der Waals surface area contributed by atoms with Crippen LogP contribution in [0.3, 0.4) is 0 Å². The van der Waals surface area contributed by atoms with E-state index in [9.17, 15) is 13.2 Å². The van der Waals surface area contributed by atoms with Gasteiger partial charge in [0.2, 0.25) is 0 Å². The van der Waals surface area contributed by atoms with E-state index in [-0.39, 0.29) is 11.8 Å². The lowest BCUT2D eigenvalue weighted by atomic mass is 10.0. The molecule has 108 valence electrons. The molecule has 2 N–H and O–H groups in total. The topological polar surface area (TPSA) is 35.2 Å². The van der Waals surface area contributed by atoms with Crippen LogP contribution in [-0.4, -0.2) is 6.36 Å². The molecule has 7 heteroatoms. The molecular formula is C13H11BrF3NOS. The van der Waals surface area contributed by atoms with Crippen LogP contribution in [0.15, 0.2) is 40.2 Å². The standard InChI is InChI=1S/C13H11BrF3NOS/c14-9-5-11(20-7-9)6-12(18)8-1-3-10(4-2-8)19-13(15,16)17/h1-5,7,12H,6,18H2. The molecule has 0 radical (unpaired) electrons. The van der Waals surface area contributed by atoms with Crippen LogP contribution in [0.25, 0.3) is 0 Å². The van der Waals surface area contributed by atoms with Crippen molar-refractivity contribution in [2.75, 3.05) is 0 Å². The lowest BCUT2D eigenvalue weighted by molar-refractivity contribution is -0.274. The van der Waals surface area contributed by atoms with Gasteiger partial charge in [-0.3, -0.25) is 0 Å². The second-order valence-electron chi connectivity index (χ2n) is 4.16. The number of halogens is 4. The molecule has 0 amide bonds. The summed E-state index contributed by atoms with van der Waals surface area (Å²) in [4.78, 5) is 1.11. The highest BCUT2D eigenvalue weighted by molar-refractivity contribution is 9.10. The van der Waals surface area contributed by atoms with Crippen molar-refractivity contribution in [1.29, 1.82) is 0 Å². The molecular weight excluding hydrogens is 355 g/mol. The Bertz CT molecular complexity index is 568. The summed E-state index contributed by atoms with van der Waals surface area (Å²) in [5.41, 5.74) is 6.81. The lowest BCUT2D eigenvalue weighted by Gasteiger charge is -2.13. The van der Waals surface area contributed by atoms with E-state index < -0.39 is 6.36 Å². The van der Waals surface area contributed by atoms with Gasteiger partial charge in [0.25, 0.3) is 0 Å². The second kappa shape index (κ2) is 6.15. The van der Waals surface area contributed by atoms with Crippen molar-refractivity contribution in [3.05, 3.63) is 50.6 Å². The summed E-state index contributed by atoms with van der Waals surface area (Å²) < 4.78 is 40.9. The second-order valence-corrected chi connectivity index (χ2v) is 6.07. The van der Waals surface area contributed by atoms with Gasteiger partial charge >= 0.3 is 6.36 Å². The molecule has 1 unspecified atom stereocenters. The third-order valence-electron chi connectivity index (χ3n) is 2.58. The number of rotatable bonds is 4. The molecule has 2 aromatic rings. The maximum absolute atomic E-state index is 12.0. The predicted octanol–water partition coefficient (Wildman–Crippen LogP) is 4.65. The third-order valence-corrected chi connectivity index (χ3v) is 4.30. The van der Waals surface area contributed by atoms with Gasteiger partial charge in [-0.05, 0) is 39.7 Å². The number of hydrogen-bond acceptors (Lipinski definition) is 3. The Kier molecular flexibility index (Phi) is 4.72. The first kappa shape index (κ1) is 15.3. The summed E-state index contributed by atoms with van der Waals surface area (Å²) in [7, 11) is 0. The zero-order chi connectivity index (χ0) is 14.8. The maximum Gasteiger partial charge on any atom is 0.573 e. The van der Waals surface area contributed by atoms with E-state index >= 15 is 0 Å². The molecule has 2 rings (SSSR count). The van der Waals surface area contributed by atoms with Crippen LogP contribution < -0.4 is 10.5 Å². The Balaban J connectivity index is 2.02. The summed E-state index contributed by atoms with van der Waals surface area (Å²) in [6.07, 6.45) is -4.04. The van der Waals surface area contributed by atoms with Crippen LogP contribution in [0, 0.1) is 0 Å². The van der Waals surface area contributed by atoms with Crippen molar-refractivity contribution in [2.45, 2.75) is 18.8 Å². The first-order chi connectivity index (χ1) is 9.33. The van der Waals surface area contributed by atoms with E-state index in [1.54, 1.807) is 23.5 Å². The highest BCUT2D eigenvalue weighted by Gasteiger charge is 2.31. The van der Waals surface area contributed by atoms with Crippen molar-refractivity contribution in [3.8, 4) is 5.75 Å². The van der Waals surface area contributed by atoms with Crippen LogP contribution in [0.4, 0.5) is 13.2 Å². The van der Waals surface area contributed by atoms with E-state index in [1.165, 1.54) is 12.1 Å². The zero-order valence-electron chi connectivity index (χ0n) is 10.2. The summed E-state index contributed by atoms with van der Waals surface area (Å²) in [5, 5.41) is 1.96. The molecule has 2 nitrogen and oxygen atoms in total. The molecule has 1 aromatic heterocycles. The van der Waals surface area contributed by atoms with Crippen LogP contribution in [0.2, 0.25) is 0 Å². The molecule has 0 saturated carbocycles. The summed E-state index contributed by atoms with van der Waals surface area (Å²) in [5.74, 6) is -0.243. The van der Waals surface area contributed by atoms with Crippen molar-refractivity contribution >= 4 is 27.3 Å².